The van der Waals surface area contributed by atoms with Crippen LogP contribution in [-0.4, -0.2) is 30.0 Å². The van der Waals surface area contributed by atoms with Crippen molar-refractivity contribution >= 4 is 15.8 Å². The lowest BCUT2D eigenvalue weighted by Gasteiger charge is -2.21. The summed E-state index contributed by atoms with van der Waals surface area (Å²) < 4.78 is 24.0. The second-order valence-corrected chi connectivity index (χ2v) is 7.06. The van der Waals surface area contributed by atoms with Crippen molar-refractivity contribution in [1.82, 2.24) is 0 Å². The Bertz CT molecular complexity index is 340. The highest BCUT2D eigenvalue weighted by atomic mass is 32.2. The average Bonchev–Trinajstić information content (AvgIpc) is 2.85. The molecule has 1 saturated carbocycles. The molecule has 0 aliphatic heterocycles. The van der Waals surface area contributed by atoms with E-state index in [1.165, 1.54) is 0 Å². The number of sulfone groups is 1. The minimum absolute atomic E-state index is 0.0457. The van der Waals surface area contributed by atoms with E-state index in [0.29, 0.717) is 0 Å². The Morgan fingerprint density at radius 1 is 1.27 bits per heavy atom. The Morgan fingerprint density at radius 2 is 1.73 bits per heavy atom. The monoisotopic (exact) mass is 234 g/mol. The van der Waals surface area contributed by atoms with Crippen molar-refractivity contribution in [3.63, 3.8) is 0 Å². The van der Waals surface area contributed by atoms with Crippen LogP contribution in [0.3, 0.4) is 0 Å². The van der Waals surface area contributed by atoms with Crippen molar-refractivity contribution < 1.29 is 18.3 Å². The van der Waals surface area contributed by atoms with Crippen LogP contribution in [-0.2, 0) is 14.6 Å². The van der Waals surface area contributed by atoms with Gasteiger partial charge in [0.05, 0.1) is 5.25 Å². The molecular formula is C10H18O4S. The van der Waals surface area contributed by atoms with Gasteiger partial charge in [-0.2, -0.15) is 0 Å². The van der Waals surface area contributed by atoms with Crippen molar-refractivity contribution in [1.29, 1.82) is 0 Å². The van der Waals surface area contributed by atoms with Crippen molar-refractivity contribution in [2.24, 2.45) is 11.8 Å². The van der Waals surface area contributed by atoms with Crippen LogP contribution in [0.2, 0.25) is 0 Å². The highest BCUT2D eigenvalue weighted by molar-refractivity contribution is 7.93. The summed E-state index contributed by atoms with van der Waals surface area (Å²) >= 11 is 0. The van der Waals surface area contributed by atoms with Gasteiger partial charge in [-0.05, 0) is 31.6 Å². The molecule has 0 aromatic heterocycles. The van der Waals surface area contributed by atoms with Gasteiger partial charge in [0.25, 0.3) is 0 Å². The van der Waals surface area contributed by atoms with Crippen molar-refractivity contribution in [2.75, 3.05) is 0 Å². The van der Waals surface area contributed by atoms with Crippen molar-refractivity contribution in [3.8, 4) is 0 Å². The van der Waals surface area contributed by atoms with E-state index in [1.54, 1.807) is 20.8 Å². The predicted molar refractivity (Wildman–Crippen MR) is 57.4 cm³/mol. The molecule has 1 aliphatic rings. The van der Waals surface area contributed by atoms with Gasteiger partial charge in [-0.3, -0.25) is 4.79 Å². The molecule has 0 radical (unpaired) electrons. The molecule has 0 bridgehead atoms. The first kappa shape index (κ1) is 12.5. The maximum absolute atomic E-state index is 12.0. The highest BCUT2D eigenvalue weighted by Crippen LogP contribution is 2.38. The number of carboxylic acid groups (broad SMARTS) is 1. The molecule has 2 unspecified atom stereocenters. The maximum atomic E-state index is 12.0. The lowest BCUT2D eigenvalue weighted by atomic mass is 10.2. The van der Waals surface area contributed by atoms with E-state index in [1.807, 2.05) is 0 Å². The lowest BCUT2D eigenvalue weighted by Crippen LogP contribution is -2.40. The molecule has 0 heterocycles. The number of aliphatic carboxylic acids is 1. The van der Waals surface area contributed by atoms with Crippen LogP contribution in [0.4, 0.5) is 0 Å². The minimum atomic E-state index is -3.54. The van der Waals surface area contributed by atoms with Crippen LogP contribution in [0, 0.1) is 11.8 Å². The zero-order valence-electron chi connectivity index (χ0n) is 9.30. The smallest absolute Gasteiger partial charge is 0.322 e. The number of hydrogen-bond donors (Lipinski definition) is 1. The fourth-order valence-corrected chi connectivity index (χ4v) is 3.93. The number of carboxylic acids is 1. The Morgan fingerprint density at radius 3 is 2.00 bits per heavy atom. The standard InChI is InChI=1S/C10H18O4S/c1-6(2)7(3)15(13,14)9(10(11)12)8-4-5-8/h6-9H,4-5H2,1-3H3,(H,11,12). The first-order valence-electron chi connectivity index (χ1n) is 5.24. The second kappa shape index (κ2) is 4.12. The molecule has 1 N–H and O–H groups in total. The summed E-state index contributed by atoms with van der Waals surface area (Å²) in [5, 5.41) is 7.20. The Labute approximate surface area is 90.6 Å². The Hall–Kier alpha value is -0.580. The Balaban J connectivity index is 2.96. The molecule has 0 aromatic carbocycles. The third-order valence-corrected chi connectivity index (χ3v) is 5.98. The van der Waals surface area contributed by atoms with Crippen LogP contribution in [0.25, 0.3) is 0 Å². The van der Waals surface area contributed by atoms with Crippen LogP contribution in [0.15, 0.2) is 0 Å². The summed E-state index contributed by atoms with van der Waals surface area (Å²) in [5.41, 5.74) is 0. The zero-order valence-corrected chi connectivity index (χ0v) is 10.1. The quantitative estimate of drug-likeness (QED) is 0.778. The third kappa shape index (κ3) is 2.51. The molecule has 15 heavy (non-hydrogen) atoms. The largest absolute Gasteiger partial charge is 0.480 e. The van der Waals surface area contributed by atoms with Crippen LogP contribution >= 0.6 is 0 Å². The molecule has 1 rings (SSSR count). The molecule has 0 spiro atoms. The van der Waals surface area contributed by atoms with Crippen molar-refractivity contribution in [3.05, 3.63) is 0 Å². The van der Waals surface area contributed by atoms with Crippen molar-refractivity contribution in [2.45, 2.75) is 44.1 Å². The first-order valence-corrected chi connectivity index (χ1v) is 6.85. The first-order chi connectivity index (χ1) is 6.78. The van der Waals surface area contributed by atoms with E-state index in [2.05, 4.69) is 0 Å². The molecular weight excluding hydrogens is 216 g/mol. The molecule has 4 nitrogen and oxygen atoms in total. The van der Waals surface area contributed by atoms with E-state index in [0.717, 1.165) is 12.8 Å². The normalized spacial score (nSPS) is 21.3. The molecule has 1 aliphatic carbocycles. The van der Waals surface area contributed by atoms with Gasteiger partial charge in [0.1, 0.15) is 0 Å². The number of rotatable bonds is 5. The topological polar surface area (TPSA) is 71.4 Å². The summed E-state index contributed by atoms with van der Waals surface area (Å²) in [6, 6.07) is 0. The summed E-state index contributed by atoms with van der Waals surface area (Å²) in [6.45, 7) is 5.19. The van der Waals surface area contributed by atoms with E-state index in [-0.39, 0.29) is 11.8 Å². The molecule has 0 saturated heterocycles. The summed E-state index contributed by atoms with van der Waals surface area (Å²) in [7, 11) is -3.54. The predicted octanol–water partition coefficient (Wildman–Crippen LogP) is 1.31. The van der Waals surface area contributed by atoms with Gasteiger partial charge in [-0.1, -0.05) is 13.8 Å². The molecule has 88 valence electrons. The fraction of sp³-hybridized carbons (Fsp3) is 0.900. The molecule has 1 fully saturated rings. The summed E-state index contributed by atoms with van der Waals surface area (Å²) in [5.74, 6) is -1.39. The lowest BCUT2D eigenvalue weighted by molar-refractivity contribution is -0.136. The van der Waals surface area contributed by atoms with Gasteiger partial charge < -0.3 is 5.11 Å². The van der Waals surface area contributed by atoms with E-state index < -0.39 is 26.3 Å². The zero-order chi connectivity index (χ0) is 11.8. The number of carbonyl (C=O) groups is 1. The average molecular weight is 234 g/mol. The van der Waals surface area contributed by atoms with Crippen LogP contribution in [0.5, 0.6) is 0 Å². The SMILES string of the molecule is CC(C)C(C)S(=O)(=O)C(C(=O)O)C1CC1. The fourth-order valence-electron chi connectivity index (χ4n) is 1.62. The van der Waals surface area contributed by atoms with Gasteiger partial charge in [0.15, 0.2) is 15.1 Å². The number of hydrogen-bond acceptors (Lipinski definition) is 3. The van der Waals surface area contributed by atoms with Gasteiger partial charge in [-0.15, -0.1) is 0 Å². The van der Waals surface area contributed by atoms with Gasteiger partial charge >= 0.3 is 5.97 Å². The summed E-state index contributed by atoms with van der Waals surface area (Å²) in [4.78, 5) is 11.0. The maximum Gasteiger partial charge on any atom is 0.322 e. The van der Waals surface area contributed by atoms with Gasteiger partial charge in [0.2, 0.25) is 0 Å². The molecule has 0 aromatic rings. The van der Waals surface area contributed by atoms with E-state index in [9.17, 15) is 13.2 Å². The third-order valence-electron chi connectivity index (χ3n) is 3.10. The second-order valence-electron chi connectivity index (χ2n) is 4.63. The van der Waals surface area contributed by atoms with E-state index in [4.69, 9.17) is 5.11 Å². The Kier molecular flexibility index (Phi) is 3.43. The highest BCUT2D eigenvalue weighted by Gasteiger charge is 2.47. The minimum Gasteiger partial charge on any atom is -0.480 e. The van der Waals surface area contributed by atoms with E-state index >= 15 is 0 Å². The van der Waals surface area contributed by atoms with Gasteiger partial charge in [-0.25, -0.2) is 8.42 Å². The molecule has 0 amide bonds. The summed E-state index contributed by atoms with van der Waals surface area (Å²) in [6.07, 6.45) is 1.45. The van der Waals surface area contributed by atoms with Crippen LogP contribution < -0.4 is 0 Å². The van der Waals surface area contributed by atoms with Crippen LogP contribution in [0.1, 0.15) is 33.6 Å². The molecule has 5 heteroatoms. The molecule has 2 atom stereocenters. The van der Waals surface area contributed by atoms with Gasteiger partial charge in [0, 0.05) is 0 Å².